The molecule has 6 nitrogen and oxygen atoms in total. The number of hydrogen-bond donors (Lipinski definition) is 2. The van der Waals surface area contributed by atoms with Crippen molar-refractivity contribution in [2.45, 2.75) is 19.9 Å². The van der Waals surface area contributed by atoms with Crippen LogP contribution < -0.4 is 20.1 Å². The number of carbonyl (C=O) groups excluding carboxylic acids is 2. The van der Waals surface area contributed by atoms with E-state index < -0.39 is 23.7 Å². The molecule has 2 amide bonds. The molecule has 0 unspecified atom stereocenters. The van der Waals surface area contributed by atoms with E-state index in [2.05, 4.69) is 10.6 Å². The molecule has 0 saturated heterocycles. The van der Waals surface area contributed by atoms with Gasteiger partial charge in [-0.1, -0.05) is 26.0 Å². The third-order valence-electron chi connectivity index (χ3n) is 3.99. The zero-order chi connectivity index (χ0) is 18.7. The van der Waals surface area contributed by atoms with Gasteiger partial charge in [-0.25, -0.2) is 4.39 Å². The summed E-state index contributed by atoms with van der Waals surface area (Å²) in [7, 11) is 0. The number of amides is 2. The summed E-state index contributed by atoms with van der Waals surface area (Å²) in [5.41, 5.74) is 0.416. The standard InChI is InChI=1S/C19H19FN2O4/c1-11(2)17(22-18(23)13-5-3-4-6-14(13)20)19(24)21-12-7-8-15-16(9-12)26-10-25-15/h3-9,11,17H,10H2,1-2H3,(H,21,24)(H,22,23)/t17-/m1/s1. The maximum absolute atomic E-state index is 13.8. The normalized spacial score (nSPS) is 13.4. The Morgan fingerprint density at radius 3 is 2.54 bits per heavy atom. The number of anilines is 1. The number of ether oxygens (including phenoxy) is 2. The van der Waals surface area contributed by atoms with E-state index in [0.29, 0.717) is 17.2 Å². The van der Waals surface area contributed by atoms with E-state index in [-0.39, 0.29) is 18.3 Å². The molecule has 0 aromatic heterocycles. The first-order chi connectivity index (χ1) is 12.5. The Kier molecular flexibility index (Phi) is 5.06. The van der Waals surface area contributed by atoms with Crippen LogP contribution in [0.1, 0.15) is 24.2 Å². The van der Waals surface area contributed by atoms with E-state index in [9.17, 15) is 14.0 Å². The van der Waals surface area contributed by atoms with Gasteiger partial charge in [-0.3, -0.25) is 9.59 Å². The van der Waals surface area contributed by atoms with E-state index in [4.69, 9.17) is 9.47 Å². The Balaban J connectivity index is 1.72. The molecule has 26 heavy (non-hydrogen) atoms. The van der Waals surface area contributed by atoms with Crippen molar-refractivity contribution in [1.82, 2.24) is 5.32 Å². The fourth-order valence-corrected chi connectivity index (χ4v) is 2.59. The molecule has 2 aromatic rings. The molecular weight excluding hydrogens is 339 g/mol. The van der Waals surface area contributed by atoms with Crippen LogP contribution in [-0.2, 0) is 4.79 Å². The average molecular weight is 358 g/mol. The predicted molar refractivity (Wildman–Crippen MR) is 93.7 cm³/mol. The van der Waals surface area contributed by atoms with Crippen LogP contribution in [0.15, 0.2) is 42.5 Å². The molecule has 1 heterocycles. The van der Waals surface area contributed by atoms with Crippen LogP contribution in [0, 0.1) is 11.7 Å². The molecule has 1 aliphatic heterocycles. The largest absolute Gasteiger partial charge is 0.454 e. The minimum Gasteiger partial charge on any atom is -0.454 e. The first-order valence-electron chi connectivity index (χ1n) is 8.21. The molecule has 2 aromatic carbocycles. The fourth-order valence-electron chi connectivity index (χ4n) is 2.59. The average Bonchev–Trinajstić information content (AvgIpc) is 3.07. The summed E-state index contributed by atoms with van der Waals surface area (Å²) in [6.45, 7) is 3.73. The second kappa shape index (κ2) is 7.43. The summed E-state index contributed by atoms with van der Waals surface area (Å²) in [6, 6.07) is 9.84. The second-order valence-corrected chi connectivity index (χ2v) is 6.23. The van der Waals surface area contributed by atoms with E-state index in [1.807, 2.05) is 0 Å². The predicted octanol–water partition coefficient (Wildman–Crippen LogP) is 2.95. The second-order valence-electron chi connectivity index (χ2n) is 6.23. The van der Waals surface area contributed by atoms with E-state index in [0.717, 1.165) is 0 Å². The summed E-state index contributed by atoms with van der Waals surface area (Å²) in [5.74, 6) is -0.717. The highest BCUT2D eigenvalue weighted by Gasteiger charge is 2.26. The van der Waals surface area contributed by atoms with Gasteiger partial charge in [-0.05, 0) is 30.2 Å². The van der Waals surface area contributed by atoms with Gasteiger partial charge in [0.1, 0.15) is 11.9 Å². The number of nitrogens with one attached hydrogen (secondary N) is 2. The summed E-state index contributed by atoms with van der Waals surface area (Å²) in [4.78, 5) is 24.9. The van der Waals surface area contributed by atoms with E-state index in [1.165, 1.54) is 18.2 Å². The van der Waals surface area contributed by atoms with Crippen molar-refractivity contribution < 1.29 is 23.5 Å². The number of rotatable bonds is 5. The lowest BCUT2D eigenvalue weighted by atomic mass is 10.0. The van der Waals surface area contributed by atoms with Gasteiger partial charge < -0.3 is 20.1 Å². The molecule has 136 valence electrons. The van der Waals surface area contributed by atoms with E-state index in [1.54, 1.807) is 38.1 Å². The van der Waals surface area contributed by atoms with Crippen LogP contribution >= 0.6 is 0 Å². The summed E-state index contributed by atoms with van der Waals surface area (Å²) in [5, 5.41) is 5.34. The number of hydrogen-bond acceptors (Lipinski definition) is 4. The van der Waals surface area contributed by atoms with Crippen molar-refractivity contribution >= 4 is 17.5 Å². The molecule has 1 aliphatic rings. The monoisotopic (exact) mass is 358 g/mol. The maximum Gasteiger partial charge on any atom is 0.254 e. The first-order valence-corrected chi connectivity index (χ1v) is 8.21. The summed E-state index contributed by atoms with van der Waals surface area (Å²) >= 11 is 0. The Morgan fingerprint density at radius 2 is 1.81 bits per heavy atom. The molecular formula is C19H19FN2O4. The third kappa shape index (κ3) is 3.77. The van der Waals surface area contributed by atoms with Gasteiger partial charge in [0.25, 0.3) is 5.91 Å². The Hall–Kier alpha value is -3.09. The molecule has 0 radical (unpaired) electrons. The van der Waals surface area contributed by atoms with Crippen LogP contribution in [0.25, 0.3) is 0 Å². The Morgan fingerprint density at radius 1 is 1.08 bits per heavy atom. The van der Waals surface area contributed by atoms with Crippen LogP contribution in [0.2, 0.25) is 0 Å². The lowest BCUT2D eigenvalue weighted by molar-refractivity contribution is -0.118. The molecule has 1 atom stereocenters. The van der Waals surface area contributed by atoms with Crippen molar-refractivity contribution in [3.05, 3.63) is 53.8 Å². The topological polar surface area (TPSA) is 76.7 Å². The fraction of sp³-hybridized carbons (Fsp3) is 0.263. The zero-order valence-electron chi connectivity index (χ0n) is 14.4. The Labute approximate surface area is 150 Å². The third-order valence-corrected chi connectivity index (χ3v) is 3.99. The van der Waals surface area contributed by atoms with Crippen LogP contribution in [0.5, 0.6) is 11.5 Å². The summed E-state index contributed by atoms with van der Waals surface area (Å²) in [6.07, 6.45) is 0. The first kappa shape index (κ1) is 17.7. The van der Waals surface area contributed by atoms with Crippen molar-refractivity contribution in [3.63, 3.8) is 0 Å². The van der Waals surface area contributed by atoms with Crippen molar-refractivity contribution in [1.29, 1.82) is 0 Å². The quantitative estimate of drug-likeness (QED) is 0.862. The van der Waals surface area contributed by atoms with Gasteiger partial charge in [0.2, 0.25) is 12.7 Å². The van der Waals surface area contributed by atoms with Gasteiger partial charge in [0.15, 0.2) is 11.5 Å². The molecule has 0 aliphatic carbocycles. The molecule has 7 heteroatoms. The number of halogens is 1. The van der Waals surface area contributed by atoms with Gasteiger partial charge in [-0.2, -0.15) is 0 Å². The molecule has 0 bridgehead atoms. The molecule has 0 spiro atoms. The smallest absolute Gasteiger partial charge is 0.254 e. The highest BCUT2D eigenvalue weighted by atomic mass is 19.1. The zero-order valence-corrected chi connectivity index (χ0v) is 14.4. The minimum atomic E-state index is -0.826. The van der Waals surface area contributed by atoms with Gasteiger partial charge in [0.05, 0.1) is 5.56 Å². The molecule has 0 fully saturated rings. The van der Waals surface area contributed by atoms with E-state index >= 15 is 0 Å². The minimum absolute atomic E-state index is 0.103. The Bertz CT molecular complexity index is 838. The SMILES string of the molecule is CC(C)[C@@H](NC(=O)c1ccccc1F)C(=O)Nc1ccc2c(c1)OCO2. The van der Waals surface area contributed by atoms with Crippen molar-refractivity contribution in [2.75, 3.05) is 12.1 Å². The summed E-state index contributed by atoms with van der Waals surface area (Å²) < 4.78 is 24.3. The van der Waals surface area contributed by atoms with Crippen molar-refractivity contribution in [3.8, 4) is 11.5 Å². The van der Waals surface area contributed by atoms with Crippen LogP contribution in [0.3, 0.4) is 0 Å². The maximum atomic E-state index is 13.8. The highest BCUT2D eigenvalue weighted by molar-refractivity contribution is 6.01. The lowest BCUT2D eigenvalue weighted by Crippen LogP contribution is -2.47. The number of carbonyl (C=O) groups is 2. The highest BCUT2D eigenvalue weighted by Crippen LogP contribution is 2.34. The molecule has 3 rings (SSSR count). The number of benzene rings is 2. The van der Waals surface area contributed by atoms with Crippen molar-refractivity contribution in [2.24, 2.45) is 5.92 Å². The van der Waals surface area contributed by atoms with Crippen LogP contribution in [0.4, 0.5) is 10.1 Å². The van der Waals surface area contributed by atoms with Crippen LogP contribution in [-0.4, -0.2) is 24.6 Å². The van der Waals surface area contributed by atoms with Gasteiger partial charge >= 0.3 is 0 Å². The molecule has 0 saturated carbocycles. The van der Waals surface area contributed by atoms with Gasteiger partial charge in [-0.15, -0.1) is 0 Å². The lowest BCUT2D eigenvalue weighted by Gasteiger charge is -2.22. The molecule has 2 N–H and O–H groups in total. The number of fused-ring (bicyclic) bond motifs is 1. The van der Waals surface area contributed by atoms with Gasteiger partial charge in [0, 0.05) is 11.8 Å².